The third kappa shape index (κ3) is 8.31. The fraction of sp³-hybridized carbons (Fsp3) is 0.480. The molecule has 1 aromatic heterocycles. The van der Waals surface area contributed by atoms with Crippen molar-refractivity contribution in [1.82, 2.24) is 20.9 Å². The average molecular weight is 517 g/mol. The number of para-hydroxylation sites is 1. The summed E-state index contributed by atoms with van der Waals surface area (Å²) in [6.07, 6.45) is 1.87. The molecule has 12 nitrogen and oxygen atoms in total. The van der Waals surface area contributed by atoms with E-state index in [1.54, 1.807) is 13.1 Å². The van der Waals surface area contributed by atoms with Crippen LogP contribution in [0.25, 0.3) is 10.9 Å². The number of hydrogen-bond donors (Lipinski definition) is 7. The van der Waals surface area contributed by atoms with Gasteiger partial charge in [-0.1, -0.05) is 38.5 Å². The summed E-state index contributed by atoms with van der Waals surface area (Å²) in [6.45, 7) is 5.13. The van der Waals surface area contributed by atoms with E-state index in [0.717, 1.165) is 16.5 Å². The molecule has 0 radical (unpaired) electrons. The molecule has 0 saturated heterocycles. The number of aromatic nitrogens is 1. The van der Waals surface area contributed by atoms with Crippen molar-refractivity contribution in [2.75, 3.05) is 0 Å². The number of amides is 4. The van der Waals surface area contributed by atoms with E-state index in [2.05, 4.69) is 20.9 Å². The maximum atomic E-state index is 13.3. The lowest BCUT2D eigenvalue weighted by atomic mass is 9.96. The molecule has 12 heteroatoms. The number of nitrogens with one attached hydrogen (secondary N) is 4. The summed E-state index contributed by atoms with van der Waals surface area (Å²) >= 11 is 0. The van der Waals surface area contributed by atoms with Crippen LogP contribution < -0.4 is 27.4 Å². The van der Waals surface area contributed by atoms with Crippen molar-refractivity contribution < 1.29 is 29.1 Å². The fourth-order valence-corrected chi connectivity index (χ4v) is 3.79. The number of H-pyrrole nitrogens is 1. The molecule has 2 aromatic rings. The Bertz CT molecular complexity index is 1130. The lowest BCUT2D eigenvalue weighted by Gasteiger charge is -2.27. The first-order valence-electron chi connectivity index (χ1n) is 12.2. The van der Waals surface area contributed by atoms with Crippen LogP contribution in [0.3, 0.4) is 0 Å². The van der Waals surface area contributed by atoms with Crippen molar-refractivity contribution in [2.24, 2.45) is 17.4 Å². The standard InChI is InChI=1S/C25H36N6O6/c1-4-13(2)21(31-22(33)14(3)26)24(35)30-19(11-15-12-28-17-8-6-5-7-16(15)17)23(34)29-18(25(36)37)9-10-20(27)32/h5-8,12-14,18-19,21,28H,4,9-11,26H2,1-3H3,(H2,27,32)(H,29,34)(H,30,35)(H,31,33)(H,36,37). The maximum absolute atomic E-state index is 13.3. The van der Waals surface area contributed by atoms with Gasteiger partial charge in [-0.05, 0) is 30.9 Å². The molecular formula is C25H36N6O6. The minimum atomic E-state index is -1.38. The van der Waals surface area contributed by atoms with Gasteiger partial charge in [-0.15, -0.1) is 0 Å². The molecule has 4 amide bonds. The molecule has 1 heterocycles. The molecule has 0 aliphatic heterocycles. The lowest BCUT2D eigenvalue weighted by Crippen LogP contribution is -2.58. The summed E-state index contributed by atoms with van der Waals surface area (Å²) in [4.78, 5) is 64.8. The lowest BCUT2D eigenvalue weighted by molar-refractivity contribution is -0.142. The van der Waals surface area contributed by atoms with Crippen molar-refractivity contribution in [3.63, 3.8) is 0 Å². The van der Waals surface area contributed by atoms with Gasteiger partial charge in [0.1, 0.15) is 18.1 Å². The van der Waals surface area contributed by atoms with Crippen LogP contribution in [0.15, 0.2) is 30.5 Å². The van der Waals surface area contributed by atoms with Crippen LogP contribution in [-0.4, -0.2) is 63.9 Å². The highest BCUT2D eigenvalue weighted by Gasteiger charge is 2.32. The monoisotopic (exact) mass is 516 g/mol. The van der Waals surface area contributed by atoms with Crippen LogP contribution in [0.4, 0.5) is 0 Å². The first-order valence-corrected chi connectivity index (χ1v) is 12.2. The zero-order valence-electron chi connectivity index (χ0n) is 21.2. The molecule has 0 spiro atoms. The highest BCUT2D eigenvalue weighted by Crippen LogP contribution is 2.20. The first kappa shape index (κ1) is 29.3. The molecule has 0 bridgehead atoms. The second kappa shape index (κ2) is 13.4. The molecule has 0 fully saturated rings. The van der Waals surface area contributed by atoms with Crippen molar-refractivity contribution in [2.45, 2.75) is 70.6 Å². The second-order valence-corrected chi connectivity index (χ2v) is 9.19. The molecule has 0 saturated carbocycles. The molecule has 37 heavy (non-hydrogen) atoms. The fourth-order valence-electron chi connectivity index (χ4n) is 3.79. The van der Waals surface area contributed by atoms with E-state index in [0.29, 0.717) is 6.42 Å². The zero-order valence-corrected chi connectivity index (χ0v) is 21.2. The Morgan fingerprint density at radius 3 is 2.22 bits per heavy atom. The molecule has 5 unspecified atom stereocenters. The Morgan fingerprint density at radius 1 is 0.973 bits per heavy atom. The van der Waals surface area contributed by atoms with Crippen LogP contribution in [0.5, 0.6) is 0 Å². The summed E-state index contributed by atoms with van der Waals surface area (Å²) in [5.41, 5.74) is 12.3. The highest BCUT2D eigenvalue weighted by atomic mass is 16.4. The van der Waals surface area contributed by atoms with Crippen molar-refractivity contribution in [3.05, 3.63) is 36.0 Å². The summed E-state index contributed by atoms with van der Waals surface area (Å²) in [7, 11) is 0. The normalized spacial score (nSPS) is 15.1. The number of aromatic amines is 1. The molecule has 5 atom stereocenters. The quantitative estimate of drug-likeness (QED) is 0.181. The Labute approximate surface area is 214 Å². The van der Waals surface area contributed by atoms with Gasteiger partial charge in [0.2, 0.25) is 23.6 Å². The van der Waals surface area contributed by atoms with Gasteiger partial charge in [0, 0.05) is 29.9 Å². The Hall–Kier alpha value is -3.93. The number of carbonyl (C=O) groups excluding carboxylic acids is 4. The van der Waals surface area contributed by atoms with Crippen LogP contribution in [0.2, 0.25) is 0 Å². The van der Waals surface area contributed by atoms with Gasteiger partial charge in [0.15, 0.2) is 0 Å². The Balaban J connectivity index is 2.34. The number of aliphatic carboxylic acids is 1. The average Bonchev–Trinajstić information content (AvgIpc) is 3.26. The summed E-state index contributed by atoms with van der Waals surface area (Å²) in [6, 6.07) is 3.03. The van der Waals surface area contributed by atoms with E-state index in [1.165, 1.54) is 6.92 Å². The third-order valence-corrected chi connectivity index (χ3v) is 6.23. The first-order chi connectivity index (χ1) is 17.4. The minimum absolute atomic E-state index is 0.0399. The van der Waals surface area contributed by atoms with Gasteiger partial charge in [-0.2, -0.15) is 0 Å². The number of nitrogens with two attached hydrogens (primary N) is 2. The highest BCUT2D eigenvalue weighted by molar-refractivity contribution is 5.95. The smallest absolute Gasteiger partial charge is 0.326 e. The SMILES string of the molecule is CCC(C)C(NC(=O)C(C)N)C(=O)NC(Cc1c[nH]c2ccccc12)C(=O)NC(CCC(N)=O)C(=O)O. The van der Waals surface area contributed by atoms with E-state index < -0.39 is 53.8 Å². The third-order valence-electron chi connectivity index (χ3n) is 6.23. The van der Waals surface area contributed by atoms with Crippen LogP contribution in [-0.2, 0) is 30.4 Å². The number of primary amides is 1. The Morgan fingerprint density at radius 2 is 1.62 bits per heavy atom. The molecule has 9 N–H and O–H groups in total. The molecule has 202 valence electrons. The van der Waals surface area contributed by atoms with Crippen LogP contribution in [0, 0.1) is 5.92 Å². The van der Waals surface area contributed by atoms with Gasteiger partial charge in [-0.25, -0.2) is 4.79 Å². The predicted molar refractivity (Wildman–Crippen MR) is 137 cm³/mol. The minimum Gasteiger partial charge on any atom is -0.480 e. The van der Waals surface area contributed by atoms with E-state index >= 15 is 0 Å². The number of fused-ring (bicyclic) bond motifs is 1. The van der Waals surface area contributed by atoms with Gasteiger partial charge in [-0.3, -0.25) is 19.2 Å². The van der Waals surface area contributed by atoms with Gasteiger partial charge in [0.25, 0.3) is 0 Å². The van der Waals surface area contributed by atoms with E-state index in [-0.39, 0.29) is 25.2 Å². The molecule has 0 aliphatic rings. The predicted octanol–water partition coefficient (Wildman–Crippen LogP) is -0.0918. The molecular weight excluding hydrogens is 480 g/mol. The number of carbonyl (C=O) groups is 5. The zero-order chi connectivity index (χ0) is 27.7. The Kier molecular flexibility index (Phi) is 10.6. The number of carboxylic acids is 1. The van der Waals surface area contributed by atoms with Crippen molar-refractivity contribution in [1.29, 1.82) is 0 Å². The number of carboxylic acid groups (broad SMARTS) is 1. The van der Waals surface area contributed by atoms with Crippen molar-refractivity contribution in [3.8, 4) is 0 Å². The molecule has 2 rings (SSSR count). The van der Waals surface area contributed by atoms with E-state index in [9.17, 15) is 29.1 Å². The largest absolute Gasteiger partial charge is 0.480 e. The van der Waals surface area contributed by atoms with E-state index in [1.807, 2.05) is 31.2 Å². The second-order valence-electron chi connectivity index (χ2n) is 9.19. The van der Waals surface area contributed by atoms with Gasteiger partial charge >= 0.3 is 5.97 Å². The summed E-state index contributed by atoms with van der Waals surface area (Å²) < 4.78 is 0. The summed E-state index contributed by atoms with van der Waals surface area (Å²) in [5, 5.41) is 18.1. The van der Waals surface area contributed by atoms with Crippen molar-refractivity contribution >= 4 is 40.5 Å². The topological polar surface area (TPSA) is 209 Å². The van der Waals surface area contributed by atoms with Crippen LogP contribution in [0.1, 0.15) is 45.6 Å². The number of hydrogen-bond acceptors (Lipinski definition) is 6. The number of benzene rings is 1. The van der Waals surface area contributed by atoms with Crippen LogP contribution >= 0.6 is 0 Å². The molecule has 0 aliphatic carbocycles. The summed E-state index contributed by atoms with van der Waals surface area (Å²) in [5.74, 6) is -4.19. The maximum Gasteiger partial charge on any atom is 0.326 e. The van der Waals surface area contributed by atoms with Gasteiger partial charge in [0.05, 0.1) is 6.04 Å². The molecule has 1 aromatic carbocycles. The van der Waals surface area contributed by atoms with Gasteiger partial charge < -0.3 is 37.5 Å². The van der Waals surface area contributed by atoms with E-state index in [4.69, 9.17) is 11.5 Å². The number of rotatable bonds is 14.